The van der Waals surface area contributed by atoms with E-state index < -0.39 is 12.1 Å². The van der Waals surface area contributed by atoms with Gasteiger partial charge in [-0.25, -0.2) is 4.79 Å². The average molecular weight is 354 g/mol. The van der Waals surface area contributed by atoms with Gasteiger partial charge in [-0.3, -0.25) is 4.79 Å². The normalized spacial score (nSPS) is 15.2. The number of rotatable bonds is 5. The molecule has 0 unspecified atom stereocenters. The second-order valence-electron chi connectivity index (χ2n) is 5.66. The molecule has 0 saturated carbocycles. The average Bonchev–Trinajstić information content (AvgIpc) is 2.96. The van der Waals surface area contributed by atoms with E-state index in [-0.39, 0.29) is 11.5 Å². The number of methoxy groups -OCH3 is 2. The van der Waals surface area contributed by atoms with Gasteiger partial charge < -0.3 is 18.9 Å². The van der Waals surface area contributed by atoms with Crippen molar-refractivity contribution < 1.29 is 28.5 Å². The zero-order valence-electron chi connectivity index (χ0n) is 14.6. The molecular weight excluding hydrogens is 336 g/mol. The Morgan fingerprint density at radius 2 is 1.92 bits per heavy atom. The highest BCUT2D eigenvalue weighted by molar-refractivity contribution is 6.14. The first kappa shape index (κ1) is 17.5. The molecule has 0 spiro atoms. The third kappa shape index (κ3) is 3.54. The van der Waals surface area contributed by atoms with Gasteiger partial charge in [-0.15, -0.1) is 0 Å². The second kappa shape index (κ2) is 7.31. The lowest BCUT2D eigenvalue weighted by Crippen LogP contribution is -2.24. The van der Waals surface area contributed by atoms with Crippen LogP contribution in [0.25, 0.3) is 6.08 Å². The minimum atomic E-state index is -0.762. The van der Waals surface area contributed by atoms with Gasteiger partial charge in [0, 0.05) is 6.07 Å². The van der Waals surface area contributed by atoms with E-state index in [1.54, 1.807) is 44.4 Å². The van der Waals surface area contributed by atoms with Crippen LogP contribution in [0.1, 0.15) is 22.8 Å². The molecule has 6 nitrogen and oxygen atoms in total. The largest absolute Gasteiger partial charge is 0.497 e. The lowest BCUT2D eigenvalue weighted by molar-refractivity contribution is -0.147. The molecule has 0 radical (unpaired) electrons. The van der Waals surface area contributed by atoms with Gasteiger partial charge in [0.2, 0.25) is 5.78 Å². The fourth-order valence-corrected chi connectivity index (χ4v) is 2.54. The maximum Gasteiger partial charge on any atom is 0.346 e. The number of allylic oxidation sites excluding steroid dienone is 1. The van der Waals surface area contributed by atoms with Crippen LogP contribution in [0.4, 0.5) is 0 Å². The minimum Gasteiger partial charge on any atom is -0.497 e. The molecule has 0 N–H and O–H groups in total. The summed E-state index contributed by atoms with van der Waals surface area (Å²) in [6.45, 7) is 1.58. The number of carbonyl (C=O) groups is 2. The molecule has 2 aromatic carbocycles. The molecule has 0 bridgehead atoms. The molecule has 0 fully saturated rings. The number of hydrogen-bond donors (Lipinski definition) is 0. The van der Waals surface area contributed by atoms with Gasteiger partial charge in [0.15, 0.2) is 11.9 Å². The molecule has 1 atom stereocenters. The number of fused-ring (bicyclic) bond motifs is 1. The van der Waals surface area contributed by atoms with Crippen molar-refractivity contribution in [1.82, 2.24) is 0 Å². The van der Waals surface area contributed by atoms with Crippen molar-refractivity contribution in [2.24, 2.45) is 0 Å². The van der Waals surface area contributed by atoms with Crippen LogP contribution >= 0.6 is 0 Å². The molecule has 3 rings (SSSR count). The number of ketones is 1. The van der Waals surface area contributed by atoms with E-state index in [0.717, 1.165) is 5.56 Å². The van der Waals surface area contributed by atoms with Gasteiger partial charge >= 0.3 is 5.97 Å². The Labute approximate surface area is 150 Å². The third-order valence-corrected chi connectivity index (χ3v) is 3.88. The molecule has 0 saturated heterocycles. The lowest BCUT2D eigenvalue weighted by atomic mass is 10.1. The quantitative estimate of drug-likeness (QED) is 0.606. The fourth-order valence-electron chi connectivity index (χ4n) is 2.54. The Hall–Kier alpha value is -3.28. The maximum absolute atomic E-state index is 12.5. The van der Waals surface area contributed by atoms with Crippen LogP contribution < -0.4 is 14.2 Å². The fraction of sp³-hybridized carbons (Fsp3) is 0.200. The Kier molecular flexibility index (Phi) is 4.93. The highest BCUT2D eigenvalue weighted by Crippen LogP contribution is 2.35. The zero-order chi connectivity index (χ0) is 18.7. The molecule has 134 valence electrons. The Morgan fingerprint density at radius 3 is 2.65 bits per heavy atom. The monoisotopic (exact) mass is 354 g/mol. The van der Waals surface area contributed by atoms with Crippen LogP contribution in [0.5, 0.6) is 17.2 Å². The van der Waals surface area contributed by atoms with Crippen LogP contribution in [-0.4, -0.2) is 32.1 Å². The van der Waals surface area contributed by atoms with Gasteiger partial charge in [-0.05, 0) is 42.8 Å². The van der Waals surface area contributed by atoms with Gasteiger partial charge in [-0.1, -0.05) is 12.1 Å². The molecule has 2 aromatic rings. The van der Waals surface area contributed by atoms with Crippen molar-refractivity contribution >= 4 is 17.8 Å². The Balaban J connectivity index is 1.82. The van der Waals surface area contributed by atoms with Crippen LogP contribution in [0.3, 0.4) is 0 Å². The molecule has 1 aliphatic heterocycles. The second-order valence-corrected chi connectivity index (χ2v) is 5.66. The predicted molar refractivity (Wildman–Crippen MR) is 94.5 cm³/mol. The van der Waals surface area contributed by atoms with Gasteiger partial charge in [-0.2, -0.15) is 0 Å². The summed E-state index contributed by atoms with van der Waals surface area (Å²) in [5.41, 5.74) is 1.23. The number of benzene rings is 2. The first-order chi connectivity index (χ1) is 12.5. The summed E-state index contributed by atoms with van der Waals surface area (Å²) in [6, 6.07) is 12.1. The minimum absolute atomic E-state index is 0.213. The molecule has 6 heteroatoms. The summed E-state index contributed by atoms with van der Waals surface area (Å²) in [4.78, 5) is 24.0. The standard InChI is InChI=1S/C20H18O6/c1-12(20(22)24-3)25-15-7-8-16-17(11-15)26-18(19(16)21)10-13-5-4-6-14(9-13)23-2/h4-12H,1-3H3/b18-10-/t12-/m0/s1. The lowest BCUT2D eigenvalue weighted by Gasteiger charge is -2.12. The van der Waals surface area contributed by atoms with E-state index in [1.165, 1.54) is 7.11 Å². The van der Waals surface area contributed by atoms with Crippen LogP contribution in [-0.2, 0) is 9.53 Å². The maximum atomic E-state index is 12.5. The summed E-state index contributed by atoms with van der Waals surface area (Å²) < 4.78 is 21.0. The first-order valence-electron chi connectivity index (χ1n) is 7.98. The molecule has 1 aliphatic rings. The Bertz CT molecular complexity index is 884. The van der Waals surface area contributed by atoms with Crippen molar-refractivity contribution in [3.63, 3.8) is 0 Å². The molecule has 1 heterocycles. The van der Waals surface area contributed by atoms with Crippen molar-refractivity contribution in [3.05, 3.63) is 59.4 Å². The van der Waals surface area contributed by atoms with E-state index in [2.05, 4.69) is 4.74 Å². The van der Waals surface area contributed by atoms with Crippen molar-refractivity contribution in [2.45, 2.75) is 13.0 Å². The van der Waals surface area contributed by atoms with Crippen molar-refractivity contribution in [3.8, 4) is 17.2 Å². The first-order valence-corrected chi connectivity index (χ1v) is 7.98. The smallest absolute Gasteiger partial charge is 0.346 e. The van der Waals surface area contributed by atoms with E-state index in [4.69, 9.17) is 14.2 Å². The zero-order valence-corrected chi connectivity index (χ0v) is 14.6. The molecular formula is C20H18O6. The SMILES string of the molecule is COC(=O)[C@H](C)Oc1ccc2c(c1)O/C(=C\c1cccc(OC)c1)C2=O. The van der Waals surface area contributed by atoms with Gasteiger partial charge in [0.05, 0.1) is 19.8 Å². The number of ether oxygens (including phenoxy) is 4. The van der Waals surface area contributed by atoms with E-state index in [1.807, 2.05) is 18.2 Å². The van der Waals surface area contributed by atoms with Gasteiger partial charge in [0.25, 0.3) is 0 Å². The number of carbonyl (C=O) groups excluding carboxylic acids is 2. The highest BCUT2D eigenvalue weighted by Gasteiger charge is 2.28. The summed E-state index contributed by atoms with van der Waals surface area (Å²) in [5.74, 6) is 1.01. The summed E-state index contributed by atoms with van der Waals surface area (Å²) >= 11 is 0. The van der Waals surface area contributed by atoms with Crippen LogP contribution in [0, 0.1) is 0 Å². The molecule has 26 heavy (non-hydrogen) atoms. The number of Topliss-reactive ketones (excluding diaryl/α,β-unsaturated/α-hetero) is 1. The molecule has 0 aliphatic carbocycles. The summed E-state index contributed by atoms with van der Waals surface area (Å²) in [7, 11) is 2.87. The van der Waals surface area contributed by atoms with Crippen molar-refractivity contribution in [1.29, 1.82) is 0 Å². The van der Waals surface area contributed by atoms with Gasteiger partial charge in [0.1, 0.15) is 17.2 Å². The van der Waals surface area contributed by atoms with E-state index in [0.29, 0.717) is 22.8 Å². The topological polar surface area (TPSA) is 71.1 Å². The van der Waals surface area contributed by atoms with E-state index in [9.17, 15) is 9.59 Å². The molecule has 0 amide bonds. The van der Waals surface area contributed by atoms with E-state index >= 15 is 0 Å². The highest BCUT2D eigenvalue weighted by atomic mass is 16.6. The third-order valence-electron chi connectivity index (χ3n) is 3.88. The summed E-state index contributed by atoms with van der Waals surface area (Å²) in [6.07, 6.45) is 0.893. The number of hydrogen-bond acceptors (Lipinski definition) is 6. The Morgan fingerprint density at radius 1 is 1.12 bits per heavy atom. The van der Waals surface area contributed by atoms with Crippen LogP contribution in [0.2, 0.25) is 0 Å². The summed E-state index contributed by atoms with van der Waals surface area (Å²) in [5, 5.41) is 0. The predicted octanol–water partition coefficient (Wildman–Crippen LogP) is 3.25. The molecule has 0 aromatic heterocycles. The number of esters is 1. The van der Waals surface area contributed by atoms with Crippen LogP contribution in [0.15, 0.2) is 48.2 Å². The van der Waals surface area contributed by atoms with Crippen molar-refractivity contribution in [2.75, 3.05) is 14.2 Å².